The number of nitrogens with one attached hydrogen (secondary N) is 1. The molecule has 0 aromatic carbocycles. The lowest BCUT2D eigenvalue weighted by molar-refractivity contribution is 0.276. The van der Waals surface area contributed by atoms with E-state index in [0.717, 1.165) is 32.7 Å². The normalized spacial score (nSPS) is 12.1. The molecule has 116 valence electrons. The SMILES string of the molecule is Cc1sc(CNCC(C)C)cc1CN(C)CCN(C)C. The van der Waals surface area contributed by atoms with Gasteiger partial charge in [0.2, 0.25) is 0 Å². The van der Waals surface area contributed by atoms with E-state index in [0.29, 0.717) is 5.92 Å². The number of aryl methyl sites for hydroxylation is 1. The van der Waals surface area contributed by atoms with Crippen molar-refractivity contribution in [1.82, 2.24) is 15.1 Å². The quantitative estimate of drug-likeness (QED) is 0.756. The molecule has 0 aliphatic rings. The molecule has 0 atom stereocenters. The fourth-order valence-corrected chi connectivity index (χ4v) is 3.08. The van der Waals surface area contributed by atoms with Crippen molar-refractivity contribution >= 4 is 11.3 Å². The van der Waals surface area contributed by atoms with Crippen molar-refractivity contribution in [3.8, 4) is 0 Å². The van der Waals surface area contributed by atoms with Crippen LogP contribution in [0.4, 0.5) is 0 Å². The Morgan fingerprint density at radius 2 is 1.90 bits per heavy atom. The Balaban J connectivity index is 2.44. The molecule has 0 fully saturated rings. The number of hydrogen-bond acceptors (Lipinski definition) is 4. The summed E-state index contributed by atoms with van der Waals surface area (Å²) in [4.78, 5) is 7.56. The third-order valence-electron chi connectivity index (χ3n) is 3.29. The summed E-state index contributed by atoms with van der Waals surface area (Å²) in [6.07, 6.45) is 0. The molecule has 0 spiro atoms. The van der Waals surface area contributed by atoms with E-state index in [9.17, 15) is 0 Å². The lowest BCUT2D eigenvalue weighted by Gasteiger charge is -2.19. The van der Waals surface area contributed by atoms with E-state index in [1.165, 1.54) is 15.3 Å². The molecular weight excluding hydrogens is 266 g/mol. The molecular formula is C16H31N3S. The van der Waals surface area contributed by atoms with Crippen LogP contribution in [0.25, 0.3) is 0 Å². The average molecular weight is 298 g/mol. The van der Waals surface area contributed by atoms with E-state index in [-0.39, 0.29) is 0 Å². The van der Waals surface area contributed by atoms with Gasteiger partial charge in [-0.1, -0.05) is 13.8 Å². The number of rotatable bonds is 9. The van der Waals surface area contributed by atoms with Gasteiger partial charge in [0.05, 0.1) is 0 Å². The van der Waals surface area contributed by atoms with E-state index in [4.69, 9.17) is 0 Å². The number of likely N-dealkylation sites (N-methyl/N-ethyl adjacent to an activating group) is 2. The Morgan fingerprint density at radius 1 is 1.20 bits per heavy atom. The standard InChI is InChI=1S/C16H31N3S/c1-13(2)10-17-11-16-9-15(14(3)20-16)12-19(6)8-7-18(4)5/h9,13,17H,7-8,10-12H2,1-6H3. The van der Waals surface area contributed by atoms with Gasteiger partial charge in [0.15, 0.2) is 0 Å². The summed E-state index contributed by atoms with van der Waals surface area (Å²) in [5.41, 5.74) is 1.48. The zero-order valence-corrected chi connectivity index (χ0v) is 14.8. The van der Waals surface area contributed by atoms with Crippen LogP contribution in [0.2, 0.25) is 0 Å². The second-order valence-electron chi connectivity index (χ2n) is 6.36. The minimum Gasteiger partial charge on any atom is -0.312 e. The largest absolute Gasteiger partial charge is 0.312 e. The van der Waals surface area contributed by atoms with E-state index >= 15 is 0 Å². The molecule has 0 radical (unpaired) electrons. The first-order chi connectivity index (χ1) is 9.38. The first-order valence-corrected chi connectivity index (χ1v) is 8.32. The van der Waals surface area contributed by atoms with E-state index < -0.39 is 0 Å². The van der Waals surface area contributed by atoms with Crippen LogP contribution in [0.1, 0.15) is 29.2 Å². The van der Waals surface area contributed by atoms with Crippen LogP contribution in [0, 0.1) is 12.8 Å². The third kappa shape index (κ3) is 6.84. The Hall–Kier alpha value is -0.420. The van der Waals surface area contributed by atoms with Gasteiger partial charge in [-0.05, 0) is 52.2 Å². The van der Waals surface area contributed by atoms with Gasteiger partial charge in [-0.25, -0.2) is 0 Å². The summed E-state index contributed by atoms with van der Waals surface area (Å²) in [7, 11) is 6.46. The summed E-state index contributed by atoms with van der Waals surface area (Å²) in [6.45, 7) is 12.1. The first kappa shape index (κ1) is 17.6. The molecule has 0 saturated heterocycles. The van der Waals surface area contributed by atoms with Crippen LogP contribution >= 0.6 is 11.3 Å². The summed E-state index contributed by atoms with van der Waals surface area (Å²) in [6, 6.07) is 2.37. The second kappa shape index (κ2) is 8.78. The molecule has 0 aliphatic carbocycles. The molecule has 1 N–H and O–H groups in total. The highest BCUT2D eigenvalue weighted by molar-refractivity contribution is 7.12. The highest BCUT2D eigenvalue weighted by Gasteiger charge is 2.08. The van der Waals surface area contributed by atoms with Crippen LogP contribution in [0.15, 0.2) is 6.07 Å². The van der Waals surface area contributed by atoms with Gasteiger partial charge in [-0.3, -0.25) is 0 Å². The smallest absolute Gasteiger partial charge is 0.0300 e. The van der Waals surface area contributed by atoms with Gasteiger partial charge >= 0.3 is 0 Å². The minimum absolute atomic E-state index is 0.715. The molecule has 0 saturated carbocycles. The molecule has 1 rings (SSSR count). The zero-order chi connectivity index (χ0) is 15.1. The van der Waals surface area contributed by atoms with Gasteiger partial charge in [0.25, 0.3) is 0 Å². The lowest BCUT2D eigenvalue weighted by atomic mass is 10.2. The van der Waals surface area contributed by atoms with Gasteiger partial charge in [-0.15, -0.1) is 11.3 Å². The average Bonchev–Trinajstić information content (AvgIpc) is 2.67. The van der Waals surface area contributed by atoms with Crippen LogP contribution in [-0.4, -0.2) is 50.6 Å². The Kier molecular flexibility index (Phi) is 7.74. The fourth-order valence-electron chi connectivity index (χ4n) is 2.06. The molecule has 3 nitrogen and oxygen atoms in total. The monoisotopic (exact) mass is 297 g/mol. The summed E-state index contributed by atoms with van der Waals surface area (Å²) >= 11 is 1.93. The summed E-state index contributed by atoms with van der Waals surface area (Å²) in [5.74, 6) is 0.715. The third-order valence-corrected chi connectivity index (χ3v) is 4.39. The second-order valence-corrected chi connectivity index (χ2v) is 7.70. The van der Waals surface area contributed by atoms with E-state index in [1.54, 1.807) is 0 Å². The molecule has 0 unspecified atom stereocenters. The first-order valence-electron chi connectivity index (χ1n) is 7.50. The van der Waals surface area contributed by atoms with Crippen molar-refractivity contribution in [3.05, 3.63) is 21.4 Å². The van der Waals surface area contributed by atoms with Gasteiger partial charge in [-0.2, -0.15) is 0 Å². The summed E-state index contributed by atoms with van der Waals surface area (Å²) < 4.78 is 0. The number of hydrogen-bond donors (Lipinski definition) is 1. The van der Waals surface area contributed by atoms with Crippen molar-refractivity contribution in [2.45, 2.75) is 33.9 Å². The van der Waals surface area contributed by atoms with Crippen LogP contribution in [-0.2, 0) is 13.1 Å². The number of nitrogens with zero attached hydrogens (tertiary/aromatic N) is 2. The zero-order valence-electron chi connectivity index (χ0n) is 14.0. The van der Waals surface area contributed by atoms with Crippen LogP contribution in [0.3, 0.4) is 0 Å². The van der Waals surface area contributed by atoms with Crippen molar-refractivity contribution in [2.24, 2.45) is 5.92 Å². The fraction of sp³-hybridized carbons (Fsp3) is 0.750. The maximum Gasteiger partial charge on any atom is 0.0300 e. The van der Waals surface area contributed by atoms with Crippen molar-refractivity contribution in [3.63, 3.8) is 0 Å². The predicted molar refractivity (Wildman–Crippen MR) is 90.5 cm³/mol. The molecule has 1 aromatic rings. The predicted octanol–water partition coefficient (Wildman–Crippen LogP) is 2.80. The van der Waals surface area contributed by atoms with E-state index in [1.807, 2.05) is 11.3 Å². The summed E-state index contributed by atoms with van der Waals surface area (Å²) in [5, 5.41) is 3.53. The topological polar surface area (TPSA) is 18.5 Å². The van der Waals surface area contributed by atoms with Crippen molar-refractivity contribution in [2.75, 3.05) is 40.8 Å². The Bertz CT molecular complexity index is 385. The van der Waals surface area contributed by atoms with Gasteiger partial charge < -0.3 is 15.1 Å². The molecule has 1 aromatic heterocycles. The number of thiophene rings is 1. The highest BCUT2D eigenvalue weighted by Crippen LogP contribution is 2.22. The maximum atomic E-state index is 3.53. The minimum atomic E-state index is 0.715. The molecule has 20 heavy (non-hydrogen) atoms. The molecule has 1 heterocycles. The maximum absolute atomic E-state index is 3.53. The lowest BCUT2D eigenvalue weighted by Crippen LogP contribution is -2.28. The van der Waals surface area contributed by atoms with Gasteiger partial charge in [0.1, 0.15) is 0 Å². The highest BCUT2D eigenvalue weighted by atomic mass is 32.1. The van der Waals surface area contributed by atoms with Crippen molar-refractivity contribution in [1.29, 1.82) is 0 Å². The van der Waals surface area contributed by atoms with Crippen LogP contribution in [0.5, 0.6) is 0 Å². The Labute approximate surface area is 129 Å². The Morgan fingerprint density at radius 3 is 2.50 bits per heavy atom. The van der Waals surface area contributed by atoms with Gasteiger partial charge in [0, 0.05) is 35.9 Å². The van der Waals surface area contributed by atoms with E-state index in [2.05, 4.69) is 63.1 Å². The van der Waals surface area contributed by atoms with Crippen molar-refractivity contribution < 1.29 is 0 Å². The van der Waals surface area contributed by atoms with Crippen LogP contribution < -0.4 is 5.32 Å². The molecule has 0 bridgehead atoms. The molecule has 4 heteroatoms. The molecule has 0 aliphatic heterocycles. The molecule has 0 amide bonds.